The van der Waals surface area contributed by atoms with Crippen LogP contribution in [-0.2, 0) is 16.6 Å². The summed E-state index contributed by atoms with van der Waals surface area (Å²) in [6, 6.07) is 16.4. The summed E-state index contributed by atoms with van der Waals surface area (Å²) in [6.45, 7) is 6.24. The van der Waals surface area contributed by atoms with Crippen molar-refractivity contribution in [2.24, 2.45) is 0 Å². The average Bonchev–Trinajstić information content (AvgIpc) is 3.49. The maximum absolute atomic E-state index is 14.1. The average molecular weight is 512 g/mol. The molecule has 6 nitrogen and oxygen atoms in total. The summed E-state index contributed by atoms with van der Waals surface area (Å²) in [4.78, 5) is 19.9. The number of hydrogen-bond acceptors (Lipinski definition) is 4. The fourth-order valence-corrected chi connectivity index (χ4v) is 6.06. The van der Waals surface area contributed by atoms with Gasteiger partial charge in [0.25, 0.3) is 0 Å². The molecule has 1 amide bonds. The highest BCUT2D eigenvalue weighted by molar-refractivity contribution is 5.94. The molecule has 4 aromatic rings. The third-order valence-electron chi connectivity index (χ3n) is 8.40. The Morgan fingerprint density at radius 3 is 2.61 bits per heavy atom. The molecule has 0 radical (unpaired) electrons. The number of aromatic amines is 1. The second kappa shape index (κ2) is 9.99. The molecule has 1 aliphatic heterocycles. The predicted octanol–water partition coefficient (Wildman–Crippen LogP) is 5.84. The predicted molar refractivity (Wildman–Crippen MR) is 151 cm³/mol. The van der Waals surface area contributed by atoms with Gasteiger partial charge in [-0.25, -0.2) is 0 Å². The van der Waals surface area contributed by atoms with Crippen LogP contribution in [0.5, 0.6) is 0 Å². The van der Waals surface area contributed by atoms with E-state index in [0.717, 1.165) is 65.0 Å². The van der Waals surface area contributed by atoms with Crippen LogP contribution in [0.3, 0.4) is 0 Å². The lowest BCUT2D eigenvalue weighted by molar-refractivity contribution is -0.124. The van der Waals surface area contributed by atoms with Gasteiger partial charge in [-0.1, -0.05) is 18.2 Å². The number of piperidine rings is 1. The molecule has 6 heteroatoms. The summed E-state index contributed by atoms with van der Waals surface area (Å²) in [7, 11) is 0. The van der Waals surface area contributed by atoms with Crippen molar-refractivity contribution in [3.05, 3.63) is 88.5 Å². The molecule has 0 bridgehead atoms. The second-order valence-electron chi connectivity index (χ2n) is 11.1. The zero-order chi connectivity index (χ0) is 26.3. The van der Waals surface area contributed by atoms with E-state index >= 15 is 0 Å². The van der Waals surface area contributed by atoms with Crippen molar-refractivity contribution in [2.45, 2.75) is 63.8 Å². The Bertz CT molecular complexity index is 1460. The van der Waals surface area contributed by atoms with Gasteiger partial charge in [0.1, 0.15) is 17.6 Å². The Labute approximate surface area is 224 Å². The van der Waals surface area contributed by atoms with Crippen LogP contribution in [0.4, 0.5) is 5.69 Å². The van der Waals surface area contributed by atoms with Crippen molar-refractivity contribution >= 4 is 22.5 Å². The van der Waals surface area contributed by atoms with E-state index in [2.05, 4.69) is 58.5 Å². The molecule has 38 heavy (non-hydrogen) atoms. The van der Waals surface area contributed by atoms with Gasteiger partial charge in [0.15, 0.2) is 0 Å². The van der Waals surface area contributed by atoms with Gasteiger partial charge >= 0.3 is 0 Å². The van der Waals surface area contributed by atoms with Crippen molar-refractivity contribution in [3.8, 4) is 0 Å². The van der Waals surface area contributed by atoms with Gasteiger partial charge in [0.2, 0.25) is 5.91 Å². The molecule has 1 aliphatic carbocycles. The number of hydrogen-bond donors (Lipinski definition) is 3. The lowest BCUT2D eigenvalue weighted by atomic mass is 9.91. The van der Waals surface area contributed by atoms with Gasteiger partial charge in [0, 0.05) is 48.0 Å². The van der Waals surface area contributed by atoms with Crippen LogP contribution in [-0.4, -0.2) is 35.7 Å². The number of anilines is 1. The zero-order valence-corrected chi connectivity index (χ0v) is 22.3. The number of aryl methyl sites for hydroxylation is 2. The van der Waals surface area contributed by atoms with Gasteiger partial charge in [0.05, 0.1) is 5.41 Å². The largest absolute Gasteiger partial charge is 0.464 e. The highest BCUT2D eigenvalue weighted by Crippen LogP contribution is 2.50. The molecule has 1 saturated heterocycles. The van der Waals surface area contributed by atoms with Crippen LogP contribution in [0.2, 0.25) is 0 Å². The van der Waals surface area contributed by atoms with Crippen molar-refractivity contribution in [1.82, 2.24) is 10.3 Å². The summed E-state index contributed by atoms with van der Waals surface area (Å²) >= 11 is 0. The number of aliphatic hydroxyl groups is 1. The standard InChI is InChI=1S/C32H37N3O3/c1-21-6-9-25(28(18-21)35-15-4-3-5-16-35)30(29-11-7-22(2)38-29)34-31(37)32(13-14-32)24-8-10-27-26(19-24)23(12-17-36)20-33-27/h6-11,18-20,30,33,36H,3-5,12-17H2,1-2H3,(H,34,37). The first-order chi connectivity index (χ1) is 18.5. The Kier molecular flexibility index (Phi) is 6.52. The monoisotopic (exact) mass is 511 g/mol. The van der Waals surface area contributed by atoms with E-state index in [4.69, 9.17) is 4.42 Å². The van der Waals surface area contributed by atoms with Crippen molar-refractivity contribution in [3.63, 3.8) is 0 Å². The summed E-state index contributed by atoms with van der Waals surface area (Å²) in [5, 5.41) is 14.0. The third-order valence-corrected chi connectivity index (χ3v) is 8.40. The Balaban J connectivity index is 1.36. The fourth-order valence-electron chi connectivity index (χ4n) is 6.06. The van der Waals surface area contributed by atoms with Crippen molar-refractivity contribution < 1.29 is 14.3 Å². The molecule has 1 saturated carbocycles. The number of benzene rings is 2. The molecule has 198 valence electrons. The number of rotatable bonds is 8. The molecule has 1 unspecified atom stereocenters. The first-order valence-electron chi connectivity index (χ1n) is 13.9. The SMILES string of the molecule is Cc1ccc(C(NC(=O)C2(c3ccc4[nH]cc(CCO)c4c3)CC2)c2ccc(C)o2)c(N2CCCCC2)c1. The third kappa shape index (κ3) is 4.51. The van der Waals surface area contributed by atoms with E-state index in [1.807, 2.05) is 25.3 Å². The van der Waals surface area contributed by atoms with Crippen LogP contribution in [0.1, 0.15) is 71.9 Å². The molecule has 3 heterocycles. The lowest BCUT2D eigenvalue weighted by Crippen LogP contribution is -2.39. The van der Waals surface area contributed by atoms with E-state index in [9.17, 15) is 9.90 Å². The second-order valence-corrected chi connectivity index (χ2v) is 11.1. The van der Waals surface area contributed by atoms with Gasteiger partial charge in [-0.15, -0.1) is 0 Å². The number of fused-ring (bicyclic) bond motifs is 1. The Morgan fingerprint density at radius 1 is 1.08 bits per heavy atom. The molecule has 1 atom stereocenters. The summed E-state index contributed by atoms with van der Waals surface area (Å²) in [5.74, 6) is 1.64. The van der Waals surface area contributed by atoms with Crippen LogP contribution in [0, 0.1) is 13.8 Å². The van der Waals surface area contributed by atoms with E-state index in [-0.39, 0.29) is 18.6 Å². The van der Waals surface area contributed by atoms with E-state index in [1.54, 1.807) is 0 Å². The van der Waals surface area contributed by atoms with Gasteiger partial charge < -0.3 is 24.7 Å². The quantitative estimate of drug-likeness (QED) is 0.278. The number of nitrogens with zero attached hydrogens (tertiary/aromatic N) is 1. The molecular weight excluding hydrogens is 474 g/mol. The fraction of sp³-hybridized carbons (Fsp3) is 0.406. The molecule has 2 fully saturated rings. The summed E-state index contributed by atoms with van der Waals surface area (Å²) in [5.41, 5.74) is 6.10. The smallest absolute Gasteiger partial charge is 0.231 e. The van der Waals surface area contributed by atoms with Crippen LogP contribution >= 0.6 is 0 Å². The Hall–Kier alpha value is -3.51. The minimum Gasteiger partial charge on any atom is -0.464 e. The maximum Gasteiger partial charge on any atom is 0.231 e. The number of carbonyl (C=O) groups is 1. The number of nitrogens with one attached hydrogen (secondary N) is 2. The van der Waals surface area contributed by atoms with Crippen molar-refractivity contribution in [2.75, 3.05) is 24.6 Å². The first-order valence-corrected chi connectivity index (χ1v) is 13.9. The normalized spacial score (nSPS) is 17.5. The lowest BCUT2D eigenvalue weighted by Gasteiger charge is -2.33. The van der Waals surface area contributed by atoms with E-state index in [1.165, 1.54) is 30.5 Å². The molecule has 2 aliphatic rings. The molecule has 6 rings (SSSR count). The minimum atomic E-state index is -0.544. The topological polar surface area (TPSA) is 81.5 Å². The minimum absolute atomic E-state index is 0.0420. The molecular formula is C32H37N3O3. The zero-order valence-electron chi connectivity index (χ0n) is 22.3. The van der Waals surface area contributed by atoms with E-state index in [0.29, 0.717) is 6.42 Å². The number of amides is 1. The summed E-state index contributed by atoms with van der Waals surface area (Å²) < 4.78 is 6.14. The van der Waals surface area contributed by atoms with E-state index < -0.39 is 5.41 Å². The number of carbonyl (C=O) groups excluding carboxylic acids is 1. The molecule has 0 spiro atoms. The highest BCUT2D eigenvalue weighted by Gasteiger charge is 2.52. The Morgan fingerprint density at radius 2 is 1.89 bits per heavy atom. The van der Waals surface area contributed by atoms with Crippen LogP contribution in [0.15, 0.2) is 59.1 Å². The van der Waals surface area contributed by atoms with Gasteiger partial charge in [-0.2, -0.15) is 0 Å². The molecule has 2 aromatic heterocycles. The number of H-pyrrole nitrogens is 1. The maximum atomic E-state index is 14.1. The van der Waals surface area contributed by atoms with Crippen LogP contribution in [0.25, 0.3) is 10.9 Å². The highest BCUT2D eigenvalue weighted by atomic mass is 16.3. The number of furan rings is 1. The molecule has 2 aromatic carbocycles. The van der Waals surface area contributed by atoms with Gasteiger partial charge in [-0.3, -0.25) is 4.79 Å². The first kappa shape index (κ1) is 24.8. The number of aromatic nitrogens is 1. The molecule has 3 N–H and O–H groups in total. The van der Waals surface area contributed by atoms with Gasteiger partial charge in [-0.05, 0) is 99.4 Å². The summed E-state index contributed by atoms with van der Waals surface area (Å²) in [6.07, 6.45) is 7.83. The van der Waals surface area contributed by atoms with Crippen LogP contribution < -0.4 is 10.2 Å². The number of aliphatic hydroxyl groups excluding tert-OH is 1. The van der Waals surface area contributed by atoms with Crippen molar-refractivity contribution in [1.29, 1.82) is 0 Å².